The van der Waals surface area contributed by atoms with E-state index in [1.165, 1.54) is 50.1 Å². The van der Waals surface area contributed by atoms with Gasteiger partial charge in [0.2, 0.25) is 0 Å². The smallest absolute Gasteiger partial charge is 0.0175 e. The zero-order chi connectivity index (χ0) is 21.0. The standard InChI is InChI=1S/C31H24/c1-23-20-30(25-10-6-3-7-11-25)22-31(21-23)29-18-16-28(17-19-29)27-14-12-26(13-15-27)24-8-4-2-5-9-24/h2-22H,1H3. The van der Waals surface area contributed by atoms with Crippen molar-refractivity contribution in [2.45, 2.75) is 6.92 Å². The van der Waals surface area contributed by atoms with E-state index in [0.717, 1.165) is 0 Å². The van der Waals surface area contributed by atoms with E-state index in [2.05, 4.69) is 134 Å². The van der Waals surface area contributed by atoms with E-state index in [4.69, 9.17) is 0 Å². The van der Waals surface area contributed by atoms with Crippen LogP contribution in [0.2, 0.25) is 0 Å². The molecule has 0 heteroatoms. The third kappa shape index (κ3) is 4.20. The van der Waals surface area contributed by atoms with Gasteiger partial charge in [0.25, 0.3) is 0 Å². The predicted molar refractivity (Wildman–Crippen MR) is 133 cm³/mol. The van der Waals surface area contributed by atoms with Gasteiger partial charge in [0.05, 0.1) is 0 Å². The van der Waals surface area contributed by atoms with Gasteiger partial charge in [0, 0.05) is 0 Å². The van der Waals surface area contributed by atoms with Crippen LogP contribution in [-0.4, -0.2) is 0 Å². The average molecular weight is 397 g/mol. The van der Waals surface area contributed by atoms with Gasteiger partial charge in [-0.1, -0.05) is 121 Å². The Kier molecular flexibility index (Phi) is 5.21. The highest BCUT2D eigenvalue weighted by molar-refractivity contribution is 5.77. The van der Waals surface area contributed by atoms with Gasteiger partial charge in [0.15, 0.2) is 0 Å². The minimum Gasteiger partial charge on any atom is -0.0622 e. The van der Waals surface area contributed by atoms with Crippen molar-refractivity contribution in [1.29, 1.82) is 0 Å². The third-order valence-corrected chi connectivity index (χ3v) is 5.73. The first-order valence-electron chi connectivity index (χ1n) is 10.7. The highest BCUT2D eigenvalue weighted by Crippen LogP contribution is 2.30. The fraction of sp³-hybridized carbons (Fsp3) is 0.0323. The molecule has 5 aromatic rings. The molecule has 0 fully saturated rings. The summed E-state index contributed by atoms with van der Waals surface area (Å²) in [6, 6.07) is 45.6. The maximum Gasteiger partial charge on any atom is -0.0175 e. The van der Waals surface area contributed by atoms with Crippen LogP contribution in [0.1, 0.15) is 5.56 Å². The largest absolute Gasteiger partial charge is 0.0622 e. The summed E-state index contributed by atoms with van der Waals surface area (Å²) in [7, 11) is 0. The second kappa shape index (κ2) is 8.45. The van der Waals surface area contributed by atoms with Crippen LogP contribution in [0.3, 0.4) is 0 Å². The second-order valence-corrected chi connectivity index (χ2v) is 7.97. The van der Waals surface area contributed by atoms with Gasteiger partial charge in [-0.2, -0.15) is 0 Å². The Hall–Kier alpha value is -3.90. The summed E-state index contributed by atoms with van der Waals surface area (Å²) >= 11 is 0. The van der Waals surface area contributed by atoms with Crippen molar-refractivity contribution in [2.24, 2.45) is 0 Å². The lowest BCUT2D eigenvalue weighted by molar-refractivity contribution is 1.46. The Balaban J connectivity index is 1.42. The van der Waals surface area contributed by atoms with Crippen molar-refractivity contribution in [3.05, 3.63) is 133 Å². The molecular weight excluding hydrogens is 372 g/mol. The quantitative estimate of drug-likeness (QED) is 0.285. The summed E-state index contributed by atoms with van der Waals surface area (Å²) < 4.78 is 0. The molecule has 0 nitrogen and oxygen atoms in total. The summed E-state index contributed by atoms with van der Waals surface area (Å²) in [6.45, 7) is 2.17. The molecule has 0 aliphatic carbocycles. The van der Waals surface area contributed by atoms with Crippen molar-refractivity contribution in [3.8, 4) is 44.5 Å². The van der Waals surface area contributed by atoms with Gasteiger partial charge < -0.3 is 0 Å². The highest BCUT2D eigenvalue weighted by atomic mass is 14.1. The van der Waals surface area contributed by atoms with Crippen LogP contribution in [0, 0.1) is 6.92 Å². The molecule has 0 saturated carbocycles. The number of hydrogen-bond acceptors (Lipinski definition) is 0. The van der Waals surface area contributed by atoms with E-state index in [1.54, 1.807) is 0 Å². The van der Waals surface area contributed by atoms with Crippen LogP contribution in [0.5, 0.6) is 0 Å². The molecule has 31 heavy (non-hydrogen) atoms. The molecule has 0 amide bonds. The van der Waals surface area contributed by atoms with Crippen LogP contribution in [0.15, 0.2) is 127 Å². The lowest BCUT2D eigenvalue weighted by atomic mass is 9.95. The molecule has 0 heterocycles. The van der Waals surface area contributed by atoms with Gasteiger partial charge in [-0.25, -0.2) is 0 Å². The summed E-state index contributed by atoms with van der Waals surface area (Å²) in [4.78, 5) is 0. The molecule has 148 valence electrons. The molecule has 0 radical (unpaired) electrons. The molecule has 0 aliphatic heterocycles. The van der Waals surface area contributed by atoms with E-state index in [9.17, 15) is 0 Å². The number of benzene rings is 5. The van der Waals surface area contributed by atoms with Crippen molar-refractivity contribution < 1.29 is 0 Å². The van der Waals surface area contributed by atoms with E-state index in [0.29, 0.717) is 0 Å². The lowest BCUT2D eigenvalue weighted by Crippen LogP contribution is -1.85. The monoisotopic (exact) mass is 396 g/mol. The molecule has 0 aliphatic rings. The zero-order valence-electron chi connectivity index (χ0n) is 17.6. The fourth-order valence-corrected chi connectivity index (χ4v) is 4.09. The SMILES string of the molecule is Cc1cc(-c2ccccc2)cc(-c2ccc(-c3ccc(-c4ccccc4)cc3)cc2)c1. The van der Waals surface area contributed by atoms with Crippen LogP contribution >= 0.6 is 0 Å². The Morgan fingerprint density at radius 2 is 0.581 bits per heavy atom. The van der Waals surface area contributed by atoms with Gasteiger partial charge in [-0.3, -0.25) is 0 Å². The molecule has 0 atom stereocenters. The van der Waals surface area contributed by atoms with Crippen molar-refractivity contribution in [1.82, 2.24) is 0 Å². The van der Waals surface area contributed by atoms with E-state index < -0.39 is 0 Å². The minimum atomic E-state index is 1.24. The van der Waals surface area contributed by atoms with Gasteiger partial charge in [-0.05, 0) is 63.1 Å². The van der Waals surface area contributed by atoms with E-state index in [-0.39, 0.29) is 0 Å². The maximum atomic E-state index is 2.28. The number of aryl methyl sites for hydroxylation is 1. The maximum absolute atomic E-state index is 2.28. The summed E-state index contributed by atoms with van der Waals surface area (Å²) in [6.07, 6.45) is 0. The van der Waals surface area contributed by atoms with Crippen molar-refractivity contribution in [2.75, 3.05) is 0 Å². The first kappa shape index (κ1) is 19.1. The van der Waals surface area contributed by atoms with Gasteiger partial charge in [0.1, 0.15) is 0 Å². The Morgan fingerprint density at radius 1 is 0.290 bits per heavy atom. The minimum absolute atomic E-state index is 1.24. The molecule has 0 spiro atoms. The Bertz CT molecular complexity index is 1280. The highest BCUT2D eigenvalue weighted by Gasteiger charge is 2.05. The molecular formula is C31H24. The summed E-state index contributed by atoms with van der Waals surface area (Å²) in [5.74, 6) is 0. The van der Waals surface area contributed by atoms with E-state index in [1.807, 2.05) is 0 Å². The molecule has 0 bridgehead atoms. The lowest BCUT2D eigenvalue weighted by Gasteiger charge is -2.10. The number of rotatable bonds is 4. The zero-order valence-corrected chi connectivity index (χ0v) is 17.6. The Labute approximate surface area is 184 Å². The van der Waals surface area contributed by atoms with Gasteiger partial charge >= 0.3 is 0 Å². The van der Waals surface area contributed by atoms with Crippen LogP contribution < -0.4 is 0 Å². The Morgan fingerprint density at radius 3 is 0.968 bits per heavy atom. The molecule has 0 unspecified atom stereocenters. The third-order valence-electron chi connectivity index (χ3n) is 5.73. The molecule has 0 N–H and O–H groups in total. The molecule has 0 saturated heterocycles. The van der Waals surface area contributed by atoms with Gasteiger partial charge in [-0.15, -0.1) is 0 Å². The predicted octanol–water partition coefficient (Wildman–Crippen LogP) is 8.66. The molecule has 5 rings (SSSR count). The first-order chi connectivity index (χ1) is 15.3. The summed E-state index contributed by atoms with van der Waals surface area (Å²) in [5, 5.41) is 0. The normalized spacial score (nSPS) is 10.7. The van der Waals surface area contributed by atoms with Crippen molar-refractivity contribution >= 4 is 0 Å². The molecule has 0 aromatic heterocycles. The number of hydrogen-bond donors (Lipinski definition) is 0. The van der Waals surface area contributed by atoms with E-state index >= 15 is 0 Å². The first-order valence-corrected chi connectivity index (χ1v) is 10.7. The van der Waals surface area contributed by atoms with Crippen LogP contribution in [0.4, 0.5) is 0 Å². The topological polar surface area (TPSA) is 0 Å². The molecule has 5 aromatic carbocycles. The van der Waals surface area contributed by atoms with Crippen molar-refractivity contribution in [3.63, 3.8) is 0 Å². The fourth-order valence-electron chi connectivity index (χ4n) is 4.09. The van der Waals surface area contributed by atoms with Crippen LogP contribution in [0.25, 0.3) is 44.5 Å². The second-order valence-electron chi connectivity index (χ2n) is 7.97. The average Bonchev–Trinajstić information content (AvgIpc) is 2.85. The summed E-state index contributed by atoms with van der Waals surface area (Å²) in [5.41, 5.74) is 11.2. The van der Waals surface area contributed by atoms with Crippen LogP contribution in [-0.2, 0) is 0 Å².